The summed E-state index contributed by atoms with van der Waals surface area (Å²) >= 11 is 0. The predicted octanol–water partition coefficient (Wildman–Crippen LogP) is 3.66. The fraction of sp³-hybridized carbons (Fsp3) is 0.217. The second-order valence-electron chi connectivity index (χ2n) is 7.45. The number of carbonyl (C=O) groups is 1. The lowest BCUT2D eigenvalue weighted by molar-refractivity contribution is -0.134. The highest BCUT2D eigenvalue weighted by Gasteiger charge is 2.49. The van der Waals surface area contributed by atoms with Crippen LogP contribution in [0.5, 0.6) is 5.75 Å². The molecule has 1 amide bonds. The minimum absolute atomic E-state index is 0.0206. The van der Waals surface area contributed by atoms with Crippen molar-refractivity contribution in [3.05, 3.63) is 90.0 Å². The quantitative estimate of drug-likeness (QED) is 0.744. The molecule has 1 unspecified atom stereocenters. The molecule has 144 valence electrons. The summed E-state index contributed by atoms with van der Waals surface area (Å²) in [5, 5.41) is 16.6. The number of rotatable bonds is 4. The van der Waals surface area contributed by atoms with Crippen LogP contribution in [0.4, 0.5) is 0 Å². The van der Waals surface area contributed by atoms with Gasteiger partial charge in [-0.2, -0.15) is 5.10 Å². The van der Waals surface area contributed by atoms with Crippen LogP contribution in [-0.2, 0) is 4.79 Å². The molecular formula is C23H20N4O2. The van der Waals surface area contributed by atoms with Crippen molar-refractivity contribution in [2.45, 2.75) is 24.8 Å². The monoisotopic (exact) mass is 384 g/mol. The Morgan fingerprint density at radius 2 is 1.90 bits per heavy atom. The summed E-state index contributed by atoms with van der Waals surface area (Å²) in [6.07, 6.45) is 6.54. The SMILES string of the molecule is O=C([C@H]1C[C@H]1c1ccccn1)N1N=C(c2cccnc2)CC1c1ccccc1O. The van der Waals surface area contributed by atoms with Gasteiger partial charge >= 0.3 is 0 Å². The topological polar surface area (TPSA) is 78.7 Å². The van der Waals surface area contributed by atoms with Crippen molar-refractivity contribution in [2.24, 2.45) is 11.0 Å². The minimum Gasteiger partial charge on any atom is -0.508 e. The van der Waals surface area contributed by atoms with Crippen molar-refractivity contribution in [3.63, 3.8) is 0 Å². The van der Waals surface area contributed by atoms with Gasteiger partial charge in [0.05, 0.1) is 11.8 Å². The van der Waals surface area contributed by atoms with E-state index in [0.717, 1.165) is 23.4 Å². The van der Waals surface area contributed by atoms with Crippen LogP contribution in [0.1, 0.15) is 41.6 Å². The summed E-state index contributed by atoms with van der Waals surface area (Å²) in [5.74, 6) is 0.157. The molecule has 1 saturated carbocycles. The molecule has 0 radical (unpaired) electrons. The van der Waals surface area contributed by atoms with Crippen LogP contribution in [0.3, 0.4) is 0 Å². The van der Waals surface area contributed by atoms with Gasteiger partial charge in [-0.25, -0.2) is 5.01 Å². The van der Waals surface area contributed by atoms with Crippen LogP contribution in [0.25, 0.3) is 0 Å². The van der Waals surface area contributed by atoms with E-state index in [0.29, 0.717) is 12.0 Å². The molecule has 1 fully saturated rings. The number of phenols is 1. The van der Waals surface area contributed by atoms with Crippen LogP contribution in [0, 0.1) is 5.92 Å². The molecule has 2 aromatic heterocycles. The van der Waals surface area contributed by atoms with Crippen molar-refractivity contribution in [2.75, 3.05) is 0 Å². The van der Waals surface area contributed by atoms with Gasteiger partial charge in [0.2, 0.25) is 5.91 Å². The Morgan fingerprint density at radius 3 is 2.66 bits per heavy atom. The molecule has 3 heterocycles. The van der Waals surface area contributed by atoms with E-state index in [4.69, 9.17) is 0 Å². The fourth-order valence-corrected chi connectivity index (χ4v) is 3.99. The Kier molecular flexibility index (Phi) is 4.31. The van der Waals surface area contributed by atoms with Gasteiger partial charge in [-0.05, 0) is 30.7 Å². The van der Waals surface area contributed by atoms with E-state index < -0.39 is 0 Å². The second kappa shape index (κ2) is 7.13. The zero-order chi connectivity index (χ0) is 19.8. The summed E-state index contributed by atoms with van der Waals surface area (Å²) < 4.78 is 0. The number of nitrogens with zero attached hydrogens (tertiary/aromatic N) is 4. The first kappa shape index (κ1) is 17.6. The van der Waals surface area contributed by atoms with Crippen molar-refractivity contribution >= 4 is 11.6 Å². The molecule has 6 nitrogen and oxygen atoms in total. The van der Waals surface area contributed by atoms with E-state index in [-0.39, 0.29) is 29.5 Å². The number of pyridine rings is 2. The number of amides is 1. The molecule has 1 aliphatic heterocycles. The lowest BCUT2D eigenvalue weighted by Crippen LogP contribution is -2.29. The van der Waals surface area contributed by atoms with Crippen LogP contribution in [0.15, 0.2) is 78.3 Å². The summed E-state index contributed by atoms with van der Waals surface area (Å²) in [5.41, 5.74) is 3.34. The van der Waals surface area contributed by atoms with Gasteiger partial charge in [-0.3, -0.25) is 14.8 Å². The first-order chi connectivity index (χ1) is 14.2. The summed E-state index contributed by atoms with van der Waals surface area (Å²) in [6.45, 7) is 0. The molecule has 0 saturated heterocycles. The van der Waals surface area contributed by atoms with E-state index in [1.54, 1.807) is 35.7 Å². The van der Waals surface area contributed by atoms with Gasteiger partial charge in [0, 0.05) is 53.7 Å². The number of para-hydroxylation sites is 1. The second-order valence-corrected chi connectivity index (χ2v) is 7.45. The summed E-state index contributed by atoms with van der Waals surface area (Å²) in [6, 6.07) is 16.4. The highest BCUT2D eigenvalue weighted by atomic mass is 16.3. The average molecular weight is 384 g/mol. The van der Waals surface area contributed by atoms with Crippen molar-refractivity contribution in [1.29, 1.82) is 0 Å². The maximum atomic E-state index is 13.4. The lowest BCUT2D eigenvalue weighted by atomic mass is 9.98. The Hall–Kier alpha value is -3.54. The maximum absolute atomic E-state index is 13.4. The molecule has 0 bridgehead atoms. The molecule has 1 aromatic carbocycles. The number of benzene rings is 1. The van der Waals surface area contributed by atoms with Crippen LogP contribution in [-0.4, -0.2) is 31.7 Å². The molecule has 1 N–H and O–H groups in total. The van der Waals surface area contributed by atoms with Crippen molar-refractivity contribution in [1.82, 2.24) is 15.0 Å². The number of hydrogen-bond acceptors (Lipinski definition) is 5. The van der Waals surface area contributed by atoms with E-state index in [9.17, 15) is 9.90 Å². The third-order valence-electron chi connectivity index (χ3n) is 5.60. The molecule has 0 spiro atoms. The molecule has 3 atom stereocenters. The third-order valence-corrected chi connectivity index (χ3v) is 5.60. The first-order valence-corrected chi connectivity index (χ1v) is 9.72. The van der Waals surface area contributed by atoms with E-state index >= 15 is 0 Å². The zero-order valence-corrected chi connectivity index (χ0v) is 15.7. The normalized spacial score (nSPS) is 23.0. The highest BCUT2D eigenvalue weighted by molar-refractivity contribution is 6.03. The first-order valence-electron chi connectivity index (χ1n) is 9.72. The lowest BCUT2D eigenvalue weighted by Gasteiger charge is -2.23. The molecule has 29 heavy (non-hydrogen) atoms. The number of hydrazone groups is 1. The van der Waals surface area contributed by atoms with Crippen LogP contribution in [0.2, 0.25) is 0 Å². The van der Waals surface area contributed by atoms with Gasteiger partial charge in [0.1, 0.15) is 5.75 Å². The molecule has 3 aromatic rings. The van der Waals surface area contributed by atoms with Crippen molar-refractivity contribution in [3.8, 4) is 5.75 Å². The third kappa shape index (κ3) is 3.27. The smallest absolute Gasteiger partial charge is 0.247 e. The Labute approximate surface area is 168 Å². The van der Waals surface area contributed by atoms with Gasteiger partial charge in [0.25, 0.3) is 0 Å². The van der Waals surface area contributed by atoms with Crippen LogP contribution >= 0.6 is 0 Å². The summed E-state index contributed by atoms with van der Waals surface area (Å²) in [4.78, 5) is 21.9. The van der Waals surface area contributed by atoms with E-state index in [1.165, 1.54) is 0 Å². The summed E-state index contributed by atoms with van der Waals surface area (Å²) in [7, 11) is 0. The van der Waals surface area contributed by atoms with Gasteiger partial charge in [-0.15, -0.1) is 0 Å². The number of carbonyl (C=O) groups excluding carboxylic acids is 1. The van der Waals surface area contributed by atoms with E-state index in [2.05, 4.69) is 15.1 Å². The zero-order valence-electron chi connectivity index (χ0n) is 15.7. The highest BCUT2D eigenvalue weighted by Crippen LogP contribution is 2.50. The number of hydrogen-bond donors (Lipinski definition) is 1. The van der Waals surface area contributed by atoms with Gasteiger partial charge in [-0.1, -0.05) is 30.3 Å². The predicted molar refractivity (Wildman–Crippen MR) is 108 cm³/mol. The molecule has 1 aliphatic carbocycles. The van der Waals surface area contributed by atoms with E-state index in [1.807, 2.05) is 42.5 Å². The standard InChI is InChI=1S/C23H20N4O2/c28-22-9-2-1-7-16(22)21-13-20(15-6-5-10-24-14-15)26-27(21)23(29)18-12-17(18)19-8-3-4-11-25-19/h1-11,14,17-18,21,28H,12-13H2/t17-,18+,21?/m1/s1. The largest absolute Gasteiger partial charge is 0.508 e. The van der Waals surface area contributed by atoms with Crippen LogP contribution < -0.4 is 0 Å². The fourth-order valence-electron chi connectivity index (χ4n) is 3.99. The number of aromatic hydroxyl groups is 1. The molecule has 6 heteroatoms. The van der Waals surface area contributed by atoms with Crippen molar-refractivity contribution < 1.29 is 9.90 Å². The minimum atomic E-state index is -0.330. The average Bonchev–Trinajstić information content (AvgIpc) is 3.46. The number of aromatic nitrogens is 2. The Bertz CT molecular complexity index is 1070. The Morgan fingerprint density at radius 1 is 1.03 bits per heavy atom. The molecular weight excluding hydrogens is 364 g/mol. The van der Waals surface area contributed by atoms with Gasteiger partial charge in [0.15, 0.2) is 0 Å². The Balaban J connectivity index is 1.46. The maximum Gasteiger partial charge on any atom is 0.247 e. The molecule has 5 rings (SSSR count). The van der Waals surface area contributed by atoms with Gasteiger partial charge < -0.3 is 5.11 Å². The number of phenolic OH excluding ortho intramolecular Hbond substituents is 1. The molecule has 2 aliphatic rings.